The van der Waals surface area contributed by atoms with Crippen molar-refractivity contribution in [1.82, 2.24) is 14.5 Å². The van der Waals surface area contributed by atoms with Gasteiger partial charge in [0.2, 0.25) is 0 Å². The van der Waals surface area contributed by atoms with Crippen LogP contribution in [0.3, 0.4) is 0 Å². The zero-order chi connectivity index (χ0) is 20.7. The highest BCUT2D eigenvalue weighted by molar-refractivity contribution is 5.92. The number of H-pyrrole nitrogens is 1. The number of rotatable bonds is 5. The topological polar surface area (TPSA) is 98.6 Å². The van der Waals surface area contributed by atoms with Gasteiger partial charge in [0.25, 0.3) is 5.56 Å². The number of aromatic nitrogens is 2. The van der Waals surface area contributed by atoms with Gasteiger partial charge in [-0.15, -0.1) is 0 Å². The first-order chi connectivity index (χ1) is 13.9. The minimum absolute atomic E-state index is 0.394. The second kappa shape index (κ2) is 7.40. The van der Waals surface area contributed by atoms with Gasteiger partial charge in [0.15, 0.2) is 5.56 Å². The number of aryl methyl sites for hydroxylation is 1. The van der Waals surface area contributed by atoms with E-state index in [0.717, 1.165) is 36.1 Å². The van der Waals surface area contributed by atoms with E-state index in [0.29, 0.717) is 17.7 Å². The molecule has 1 aliphatic heterocycles. The van der Waals surface area contributed by atoms with E-state index in [1.54, 1.807) is 0 Å². The summed E-state index contributed by atoms with van der Waals surface area (Å²) < 4.78 is 2.19. The van der Waals surface area contributed by atoms with Crippen LogP contribution >= 0.6 is 0 Å². The van der Waals surface area contributed by atoms with Crippen LogP contribution in [0.2, 0.25) is 0 Å². The van der Waals surface area contributed by atoms with Crippen molar-refractivity contribution < 1.29 is 15.0 Å². The third-order valence-corrected chi connectivity index (χ3v) is 5.87. The van der Waals surface area contributed by atoms with Crippen LogP contribution in [-0.2, 0) is 20.0 Å². The average molecular weight is 395 g/mol. The van der Waals surface area contributed by atoms with Crippen molar-refractivity contribution in [3.8, 4) is 17.0 Å². The quantitative estimate of drug-likeness (QED) is 0.617. The largest absolute Gasteiger partial charge is 0.506 e. The monoisotopic (exact) mass is 395 g/mol. The van der Waals surface area contributed by atoms with Gasteiger partial charge in [-0.2, -0.15) is 0 Å². The van der Waals surface area contributed by atoms with E-state index in [1.165, 1.54) is 18.5 Å². The molecule has 7 heteroatoms. The first-order valence-electron chi connectivity index (χ1n) is 9.93. The molecule has 4 rings (SSSR count). The number of carboxylic acids is 1. The summed E-state index contributed by atoms with van der Waals surface area (Å²) in [5.41, 5.74) is 2.55. The van der Waals surface area contributed by atoms with Gasteiger partial charge in [-0.25, -0.2) is 4.79 Å². The minimum atomic E-state index is -1.44. The first kappa shape index (κ1) is 19.3. The van der Waals surface area contributed by atoms with Gasteiger partial charge in [0.1, 0.15) is 5.75 Å². The van der Waals surface area contributed by atoms with Gasteiger partial charge in [-0.3, -0.25) is 9.69 Å². The molecule has 1 fully saturated rings. The van der Waals surface area contributed by atoms with Crippen molar-refractivity contribution >= 4 is 16.9 Å². The smallest absolute Gasteiger partial charge is 0.345 e. The Morgan fingerprint density at radius 3 is 2.59 bits per heavy atom. The van der Waals surface area contributed by atoms with Gasteiger partial charge in [-0.05, 0) is 56.1 Å². The number of carbonyl (C=O) groups is 1. The molecule has 1 aromatic carbocycles. The molecule has 1 aliphatic rings. The van der Waals surface area contributed by atoms with Crippen LogP contribution < -0.4 is 5.56 Å². The van der Waals surface area contributed by atoms with Crippen molar-refractivity contribution in [3.05, 3.63) is 51.4 Å². The number of aromatic hydroxyl groups is 1. The number of hydrogen-bond acceptors (Lipinski definition) is 4. The van der Waals surface area contributed by atoms with Crippen LogP contribution in [0.15, 0.2) is 29.1 Å². The summed E-state index contributed by atoms with van der Waals surface area (Å²) in [5, 5.41) is 20.7. The number of nitrogens with one attached hydrogen (secondary N) is 1. The number of benzene rings is 1. The van der Waals surface area contributed by atoms with E-state index >= 15 is 0 Å². The first-order valence-corrected chi connectivity index (χ1v) is 9.93. The second-order valence-electron chi connectivity index (χ2n) is 7.64. The van der Waals surface area contributed by atoms with Crippen molar-refractivity contribution in [1.29, 1.82) is 0 Å². The van der Waals surface area contributed by atoms with Crippen LogP contribution in [0, 0.1) is 0 Å². The van der Waals surface area contributed by atoms with Gasteiger partial charge in [-0.1, -0.05) is 13.0 Å². The van der Waals surface area contributed by atoms with Crippen LogP contribution in [0.1, 0.15) is 41.4 Å². The van der Waals surface area contributed by atoms with Crippen LogP contribution in [0.5, 0.6) is 5.75 Å². The molecule has 0 atom stereocenters. The molecule has 152 valence electrons. The zero-order valence-corrected chi connectivity index (χ0v) is 16.7. The maximum atomic E-state index is 12.3. The third-order valence-electron chi connectivity index (χ3n) is 5.87. The Kier molecular flexibility index (Phi) is 4.92. The lowest BCUT2D eigenvalue weighted by atomic mass is 9.99. The number of pyridine rings is 1. The Morgan fingerprint density at radius 2 is 1.93 bits per heavy atom. The van der Waals surface area contributed by atoms with E-state index in [9.17, 15) is 19.8 Å². The summed E-state index contributed by atoms with van der Waals surface area (Å²) in [6.07, 6.45) is 2.89. The lowest BCUT2D eigenvalue weighted by molar-refractivity contribution is 0.0691. The number of likely N-dealkylation sites (tertiary alicyclic amines) is 1. The number of fused-ring (bicyclic) bond motifs is 1. The fourth-order valence-electron chi connectivity index (χ4n) is 4.30. The van der Waals surface area contributed by atoms with E-state index in [4.69, 9.17) is 0 Å². The van der Waals surface area contributed by atoms with Gasteiger partial charge in [0.05, 0.1) is 5.69 Å². The molecule has 0 saturated carbocycles. The second-order valence-corrected chi connectivity index (χ2v) is 7.64. The van der Waals surface area contributed by atoms with Crippen LogP contribution in [-0.4, -0.2) is 43.7 Å². The minimum Gasteiger partial charge on any atom is -0.506 e. The molecular formula is C22H25N3O4. The summed E-state index contributed by atoms with van der Waals surface area (Å²) >= 11 is 0. The SMILES string of the molecule is CCc1c(-c2ccc3c(c2)cc(CN2CCCC2)n3C)[nH]c(=O)c(C(=O)O)c1O. The van der Waals surface area contributed by atoms with Crippen molar-refractivity contribution in [2.45, 2.75) is 32.7 Å². The normalized spacial score (nSPS) is 14.7. The Bertz CT molecular complexity index is 1150. The number of hydrogen-bond donors (Lipinski definition) is 3. The molecule has 29 heavy (non-hydrogen) atoms. The summed E-state index contributed by atoms with van der Waals surface area (Å²) in [4.78, 5) is 28.7. The third kappa shape index (κ3) is 3.31. The predicted octanol–water partition coefficient (Wildman–Crippen LogP) is 3.10. The summed E-state index contributed by atoms with van der Waals surface area (Å²) in [6.45, 7) is 4.98. The molecule has 0 bridgehead atoms. The predicted molar refractivity (Wildman–Crippen MR) is 111 cm³/mol. The van der Waals surface area contributed by atoms with Gasteiger partial charge < -0.3 is 19.8 Å². The Morgan fingerprint density at radius 1 is 1.21 bits per heavy atom. The van der Waals surface area contributed by atoms with E-state index in [2.05, 4.69) is 27.6 Å². The number of aromatic carboxylic acids is 1. The standard InChI is InChI=1S/C22H25N3O4/c1-3-16-19(23-21(27)18(20(16)26)22(28)29)13-6-7-17-14(10-13)11-15(24(17)2)12-25-8-4-5-9-25/h6-7,10-11H,3-5,8-9,12H2,1-2H3,(H,28,29)(H2,23,26,27). The zero-order valence-electron chi connectivity index (χ0n) is 16.7. The molecule has 3 N–H and O–H groups in total. The van der Waals surface area contributed by atoms with Crippen LogP contribution in [0.25, 0.3) is 22.2 Å². The van der Waals surface area contributed by atoms with Gasteiger partial charge in [0, 0.05) is 35.8 Å². The molecule has 0 aliphatic carbocycles. The molecule has 2 aromatic heterocycles. The molecule has 0 unspecified atom stereocenters. The lowest BCUT2D eigenvalue weighted by Crippen LogP contribution is -2.20. The molecular weight excluding hydrogens is 370 g/mol. The van der Waals surface area contributed by atoms with E-state index in [1.807, 2.05) is 25.1 Å². The Balaban J connectivity index is 1.80. The number of aromatic amines is 1. The highest BCUT2D eigenvalue weighted by Gasteiger charge is 2.22. The fourth-order valence-corrected chi connectivity index (χ4v) is 4.30. The van der Waals surface area contributed by atoms with Gasteiger partial charge >= 0.3 is 5.97 Å². The average Bonchev–Trinajstić information content (AvgIpc) is 3.29. The molecule has 0 amide bonds. The van der Waals surface area contributed by atoms with Crippen LogP contribution in [0.4, 0.5) is 0 Å². The maximum absolute atomic E-state index is 12.3. The molecule has 0 spiro atoms. The van der Waals surface area contributed by atoms with E-state index in [-0.39, 0.29) is 0 Å². The summed E-state index contributed by atoms with van der Waals surface area (Å²) in [5.74, 6) is -1.89. The van der Waals surface area contributed by atoms with Crippen molar-refractivity contribution in [2.24, 2.45) is 7.05 Å². The van der Waals surface area contributed by atoms with E-state index < -0.39 is 22.8 Å². The van der Waals surface area contributed by atoms with Crippen molar-refractivity contribution in [2.75, 3.05) is 13.1 Å². The molecule has 7 nitrogen and oxygen atoms in total. The molecule has 3 aromatic rings. The highest BCUT2D eigenvalue weighted by atomic mass is 16.4. The molecule has 0 radical (unpaired) electrons. The fraction of sp³-hybridized carbons (Fsp3) is 0.364. The molecule has 3 heterocycles. The summed E-state index contributed by atoms with van der Waals surface area (Å²) in [6, 6.07) is 8.03. The van der Waals surface area contributed by atoms with Crippen molar-refractivity contribution in [3.63, 3.8) is 0 Å². The Hall–Kier alpha value is -3.06. The number of nitrogens with zero attached hydrogens (tertiary/aromatic N) is 2. The maximum Gasteiger partial charge on any atom is 0.345 e. The summed E-state index contributed by atoms with van der Waals surface area (Å²) in [7, 11) is 2.06. The lowest BCUT2D eigenvalue weighted by Gasteiger charge is -2.15. The number of carboxylic acid groups (broad SMARTS) is 1. The molecule has 1 saturated heterocycles. The Labute approximate surface area is 168 Å². The highest BCUT2D eigenvalue weighted by Crippen LogP contribution is 2.32.